The summed E-state index contributed by atoms with van der Waals surface area (Å²) < 4.78 is 39.8. The first kappa shape index (κ1) is 21.8. The molecule has 3 amide bonds. The third-order valence-corrected chi connectivity index (χ3v) is 6.47. The van der Waals surface area contributed by atoms with Crippen molar-refractivity contribution >= 4 is 23.3 Å². The second-order valence-corrected chi connectivity index (χ2v) is 8.67. The van der Waals surface area contributed by atoms with E-state index in [2.05, 4.69) is 5.32 Å². The molecule has 9 heteroatoms. The molecule has 3 aliphatic rings. The molecule has 3 saturated heterocycles. The van der Waals surface area contributed by atoms with E-state index in [1.807, 2.05) is 9.80 Å². The number of urea groups is 1. The van der Waals surface area contributed by atoms with Gasteiger partial charge in [0.1, 0.15) is 0 Å². The van der Waals surface area contributed by atoms with E-state index < -0.39 is 17.7 Å². The number of amides is 3. The van der Waals surface area contributed by atoms with E-state index in [4.69, 9.17) is 0 Å². The predicted octanol–water partition coefficient (Wildman–Crippen LogP) is 4.17. The highest BCUT2D eigenvalue weighted by Crippen LogP contribution is 2.37. The Morgan fingerprint density at radius 1 is 0.903 bits per heavy atom. The number of carbonyl (C=O) groups excluding carboxylic acids is 2. The van der Waals surface area contributed by atoms with E-state index in [-0.39, 0.29) is 17.6 Å². The minimum atomic E-state index is -4.48. The number of carbonyl (C=O) groups is 2. The standard InChI is InChI=1S/C22H29F3N4O2/c23-22(24,25)17-7-8-19(27-9-1-2-10-27)18(14-17)26-20(30)16-6-5-13-29(15-16)21(31)28-11-3-4-12-28/h7-8,14,16H,1-6,9-13,15H2,(H,26,30)/t16-/m1/s1. The molecule has 3 fully saturated rings. The molecule has 3 aliphatic heterocycles. The second kappa shape index (κ2) is 8.96. The van der Waals surface area contributed by atoms with Gasteiger partial charge in [-0.15, -0.1) is 0 Å². The number of nitrogens with one attached hydrogen (secondary N) is 1. The van der Waals surface area contributed by atoms with Gasteiger partial charge in [-0.1, -0.05) is 0 Å². The molecule has 1 aromatic rings. The quantitative estimate of drug-likeness (QED) is 0.771. The molecule has 0 spiro atoms. The Labute approximate surface area is 180 Å². The van der Waals surface area contributed by atoms with E-state index in [9.17, 15) is 22.8 Å². The maximum absolute atomic E-state index is 13.3. The van der Waals surface area contributed by atoms with E-state index in [1.54, 1.807) is 4.90 Å². The van der Waals surface area contributed by atoms with Crippen LogP contribution in [0.3, 0.4) is 0 Å². The van der Waals surface area contributed by atoms with Gasteiger partial charge in [-0.2, -0.15) is 13.2 Å². The van der Waals surface area contributed by atoms with Gasteiger partial charge in [-0.3, -0.25) is 4.79 Å². The Hall–Kier alpha value is -2.45. The third-order valence-electron chi connectivity index (χ3n) is 6.47. The Morgan fingerprint density at radius 2 is 1.55 bits per heavy atom. The van der Waals surface area contributed by atoms with Gasteiger partial charge in [-0.05, 0) is 56.7 Å². The monoisotopic (exact) mass is 438 g/mol. The first-order valence-electron chi connectivity index (χ1n) is 11.1. The number of anilines is 2. The first-order valence-corrected chi connectivity index (χ1v) is 11.1. The summed E-state index contributed by atoms with van der Waals surface area (Å²) in [6.07, 6.45) is 0.797. The zero-order valence-electron chi connectivity index (χ0n) is 17.6. The summed E-state index contributed by atoms with van der Waals surface area (Å²) >= 11 is 0. The van der Waals surface area contributed by atoms with Crippen molar-refractivity contribution in [2.24, 2.45) is 5.92 Å². The summed E-state index contributed by atoms with van der Waals surface area (Å²) in [4.78, 5) is 31.3. The highest BCUT2D eigenvalue weighted by Gasteiger charge is 2.34. The summed E-state index contributed by atoms with van der Waals surface area (Å²) in [5, 5.41) is 2.77. The van der Waals surface area contributed by atoms with Crippen molar-refractivity contribution in [1.29, 1.82) is 0 Å². The van der Waals surface area contributed by atoms with Crippen LogP contribution in [0, 0.1) is 5.92 Å². The zero-order chi connectivity index (χ0) is 22.0. The predicted molar refractivity (Wildman–Crippen MR) is 112 cm³/mol. The molecular formula is C22H29F3N4O2. The van der Waals surface area contributed by atoms with Crippen LogP contribution < -0.4 is 10.2 Å². The molecule has 0 radical (unpaired) electrons. The summed E-state index contributed by atoms with van der Waals surface area (Å²) in [7, 11) is 0. The maximum atomic E-state index is 13.3. The highest BCUT2D eigenvalue weighted by molar-refractivity contribution is 5.96. The van der Waals surface area contributed by atoms with Gasteiger partial charge in [0.05, 0.1) is 22.9 Å². The molecule has 3 heterocycles. The molecule has 0 unspecified atom stereocenters. The molecule has 0 aliphatic carbocycles. The smallest absolute Gasteiger partial charge is 0.370 e. The molecule has 1 N–H and O–H groups in total. The molecule has 6 nitrogen and oxygen atoms in total. The topological polar surface area (TPSA) is 55.9 Å². The normalized spacial score (nSPS) is 22.2. The number of alkyl halides is 3. The Kier molecular flexibility index (Phi) is 6.29. The van der Waals surface area contributed by atoms with Crippen LogP contribution in [-0.2, 0) is 11.0 Å². The van der Waals surface area contributed by atoms with Crippen molar-refractivity contribution in [3.63, 3.8) is 0 Å². The van der Waals surface area contributed by atoms with E-state index in [0.29, 0.717) is 31.6 Å². The van der Waals surface area contributed by atoms with E-state index in [1.165, 1.54) is 6.07 Å². The summed E-state index contributed by atoms with van der Waals surface area (Å²) in [5.41, 5.74) is 0.0459. The van der Waals surface area contributed by atoms with Crippen molar-refractivity contribution in [2.75, 3.05) is 49.5 Å². The maximum Gasteiger partial charge on any atom is 0.416 e. The van der Waals surface area contributed by atoms with Crippen LogP contribution in [0.15, 0.2) is 18.2 Å². The average Bonchev–Trinajstić information content (AvgIpc) is 3.47. The van der Waals surface area contributed by atoms with Crippen LogP contribution in [0.1, 0.15) is 44.1 Å². The lowest BCUT2D eigenvalue weighted by Crippen LogP contribution is -2.48. The number of hydrogen-bond acceptors (Lipinski definition) is 3. The van der Waals surface area contributed by atoms with Gasteiger partial charge in [-0.25, -0.2) is 4.79 Å². The van der Waals surface area contributed by atoms with Gasteiger partial charge in [0.25, 0.3) is 0 Å². The molecule has 1 atom stereocenters. The van der Waals surface area contributed by atoms with Crippen molar-refractivity contribution < 1.29 is 22.8 Å². The van der Waals surface area contributed by atoms with Gasteiger partial charge in [0.15, 0.2) is 0 Å². The van der Waals surface area contributed by atoms with Crippen LogP contribution in [-0.4, -0.2) is 61.0 Å². The lowest BCUT2D eigenvalue weighted by atomic mass is 9.97. The summed E-state index contributed by atoms with van der Waals surface area (Å²) in [6.45, 7) is 3.93. The molecule has 0 aromatic heterocycles. The van der Waals surface area contributed by atoms with Gasteiger partial charge in [0.2, 0.25) is 5.91 Å². The van der Waals surface area contributed by atoms with E-state index >= 15 is 0 Å². The largest absolute Gasteiger partial charge is 0.416 e. The van der Waals surface area contributed by atoms with Crippen LogP contribution >= 0.6 is 0 Å². The fourth-order valence-corrected chi connectivity index (χ4v) is 4.75. The summed E-state index contributed by atoms with van der Waals surface area (Å²) in [5.74, 6) is -0.750. The minimum Gasteiger partial charge on any atom is -0.370 e. The van der Waals surface area contributed by atoms with Gasteiger partial charge in [0, 0.05) is 39.3 Å². The van der Waals surface area contributed by atoms with Crippen LogP contribution in [0.4, 0.5) is 29.3 Å². The van der Waals surface area contributed by atoms with Gasteiger partial charge >= 0.3 is 12.2 Å². The molecule has 4 rings (SSSR count). The molecule has 170 valence electrons. The third kappa shape index (κ3) is 4.91. The number of piperidine rings is 1. The van der Waals surface area contributed by atoms with Crippen molar-refractivity contribution in [3.8, 4) is 0 Å². The molecule has 31 heavy (non-hydrogen) atoms. The molecule has 0 saturated carbocycles. The van der Waals surface area contributed by atoms with Crippen molar-refractivity contribution in [3.05, 3.63) is 23.8 Å². The van der Waals surface area contributed by atoms with Crippen LogP contribution in [0.25, 0.3) is 0 Å². The molecular weight excluding hydrogens is 409 g/mol. The summed E-state index contributed by atoms with van der Waals surface area (Å²) in [6, 6.07) is 3.52. The lowest BCUT2D eigenvalue weighted by molar-refractivity contribution is -0.137. The fourth-order valence-electron chi connectivity index (χ4n) is 4.75. The first-order chi connectivity index (χ1) is 14.8. The SMILES string of the molecule is O=C(Nc1cc(C(F)(F)F)ccc1N1CCCC1)[C@@H]1CCCN(C(=O)N2CCCC2)C1. The van der Waals surface area contributed by atoms with Crippen molar-refractivity contribution in [1.82, 2.24) is 9.80 Å². The molecule has 1 aromatic carbocycles. The van der Waals surface area contributed by atoms with Crippen molar-refractivity contribution in [2.45, 2.75) is 44.7 Å². The number of nitrogens with zero attached hydrogens (tertiary/aromatic N) is 3. The highest BCUT2D eigenvalue weighted by atomic mass is 19.4. The number of likely N-dealkylation sites (tertiary alicyclic amines) is 2. The fraction of sp³-hybridized carbons (Fsp3) is 0.636. The Balaban J connectivity index is 1.49. The Bertz CT molecular complexity index is 817. The van der Waals surface area contributed by atoms with Gasteiger partial charge < -0.3 is 20.0 Å². The lowest BCUT2D eigenvalue weighted by Gasteiger charge is -2.35. The number of rotatable bonds is 3. The van der Waals surface area contributed by atoms with Crippen LogP contribution in [0.2, 0.25) is 0 Å². The number of halogens is 3. The minimum absolute atomic E-state index is 0.0353. The van der Waals surface area contributed by atoms with Crippen LogP contribution in [0.5, 0.6) is 0 Å². The number of benzene rings is 1. The zero-order valence-corrected chi connectivity index (χ0v) is 17.6. The second-order valence-electron chi connectivity index (χ2n) is 8.67. The average molecular weight is 438 g/mol. The molecule has 0 bridgehead atoms. The Morgan fingerprint density at radius 3 is 2.23 bits per heavy atom. The number of hydrogen-bond donors (Lipinski definition) is 1. The van der Waals surface area contributed by atoms with E-state index in [0.717, 1.165) is 64.0 Å².